The second kappa shape index (κ2) is 4.81. The van der Waals surface area contributed by atoms with Crippen LogP contribution in [0.15, 0.2) is 22.7 Å². The molecule has 1 atom stereocenters. The van der Waals surface area contributed by atoms with Crippen molar-refractivity contribution in [3.05, 3.63) is 34.1 Å². The summed E-state index contributed by atoms with van der Waals surface area (Å²) in [6.07, 6.45) is 1.04. The van der Waals surface area contributed by atoms with Crippen LogP contribution in [-0.2, 0) is 6.54 Å². The van der Waals surface area contributed by atoms with Crippen molar-refractivity contribution in [1.82, 2.24) is 4.90 Å². The highest BCUT2D eigenvalue weighted by atomic mass is 79.9. The summed E-state index contributed by atoms with van der Waals surface area (Å²) < 4.78 is 13.7. The summed E-state index contributed by atoms with van der Waals surface area (Å²) in [4.78, 5) is 2.29. The maximum Gasteiger partial charge on any atom is 0.124 e. The van der Waals surface area contributed by atoms with Crippen LogP contribution in [0.2, 0.25) is 0 Å². The molecule has 4 heteroatoms. The van der Waals surface area contributed by atoms with Gasteiger partial charge in [0.25, 0.3) is 0 Å². The Hall–Kier alpha value is -0.120. The predicted octanol–water partition coefficient (Wildman–Crippen LogP) is 3.40. The number of halogens is 3. The fraction of sp³-hybridized carbons (Fsp3) is 0.455. The smallest absolute Gasteiger partial charge is 0.124 e. The molecule has 0 aromatic heterocycles. The fourth-order valence-corrected chi connectivity index (χ4v) is 2.59. The van der Waals surface area contributed by atoms with E-state index in [1.165, 1.54) is 12.1 Å². The molecule has 0 aliphatic carbocycles. The average molecular weight is 293 g/mol. The van der Waals surface area contributed by atoms with Gasteiger partial charge in [-0.1, -0.05) is 22.0 Å². The lowest BCUT2D eigenvalue weighted by atomic mass is 10.2. The Morgan fingerprint density at radius 1 is 1.53 bits per heavy atom. The first kappa shape index (κ1) is 11.4. The number of nitrogens with zero attached hydrogens (tertiary/aromatic N) is 1. The molecule has 1 aromatic rings. The number of hydrogen-bond acceptors (Lipinski definition) is 1. The highest BCUT2D eigenvalue weighted by Gasteiger charge is 2.20. The van der Waals surface area contributed by atoms with Crippen LogP contribution < -0.4 is 0 Å². The van der Waals surface area contributed by atoms with Crippen LogP contribution in [0.4, 0.5) is 4.39 Å². The molecule has 1 unspecified atom stereocenters. The van der Waals surface area contributed by atoms with Gasteiger partial charge in [0, 0.05) is 22.9 Å². The van der Waals surface area contributed by atoms with Crippen molar-refractivity contribution in [2.24, 2.45) is 0 Å². The molecule has 0 amide bonds. The van der Waals surface area contributed by atoms with Crippen molar-refractivity contribution in [2.45, 2.75) is 18.3 Å². The maximum atomic E-state index is 12.9. The number of likely N-dealkylation sites (tertiary alicyclic amines) is 1. The molecule has 82 valence electrons. The van der Waals surface area contributed by atoms with Crippen LogP contribution in [0.1, 0.15) is 12.0 Å². The molecule has 1 aliphatic rings. The third kappa shape index (κ3) is 2.92. The van der Waals surface area contributed by atoms with E-state index < -0.39 is 0 Å². The van der Waals surface area contributed by atoms with Gasteiger partial charge < -0.3 is 0 Å². The minimum atomic E-state index is -0.206. The highest BCUT2D eigenvalue weighted by Crippen LogP contribution is 2.22. The maximum absolute atomic E-state index is 12.9. The molecule has 1 saturated heterocycles. The van der Waals surface area contributed by atoms with Crippen molar-refractivity contribution in [3.8, 4) is 0 Å². The van der Waals surface area contributed by atoms with Crippen molar-refractivity contribution >= 4 is 27.5 Å². The van der Waals surface area contributed by atoms with E-state index in [4.69, 9.17) is 11.6 Å². The molecular weight excluding hydrogens is 280 g/mol. The van der Waals surface area contributed by atoms with Crippen LogP contribution in [0.5, 0.6) is 0 Å². The van der Waals surface area contributed by atoms with Crippen LogP contribution in [0.25, 0.3) is 0 Å². The first-order valence-electron chi connectivity index (χ1n) is 4.95. The third-order valence-corrected chi connectivity index (χ3v) is 3.72. The number of benzene rings is 1. The first-order chi connectivity index (χ1) is 7.15. The summed E-state index contributed by atoms with van der Waals surface area (Å²) in [6, 6.07) is 4.82. The Balaban J connectivity index is 2.04. The summed E-state index contributed by atoms with van der Waals surface area (Å²) in [5, 5.41) is 0.268. The number of alkyl halides is 1. The van der Waals surface area contributed by atoms with E-state index in [0.717, 1.165) is 36.1 Å². The summed E-state index contributed by atoms with van der Waals surface area (Å²) in [6.45, 7) is 2.79. The average Bonchev–Trinajstić information content (AvgIpc) is 2.56. The summed E-state index contributed by atoms with van der Waals surface area (Å²) >= 11 is 9.39. The fourth-order valence-electron chi connectivity index (χ4n) is 1.82. The lowest BCUT2D eigenvalue weighted by molar-refractivity contribution is 0.331. The van der Waals surface area contributed by atoms with E-state index in [1.807, 2.05) is 6.07 Å². The van der Waals surface area contributed by atoms with Crippen LogP contribution in [0.3, 0.4) is 0 Å². The second-order valence-electron chi connectivity index (χ2n) is 3.86. The van der Waals surface area contributed by atoms with Crippen molar-refractivity contribution < 1.29 is 4.39 Å². The van der Waals surface area contributed by atoms with E-state index in [9.17, 15) is 4.39 Å². The quantitative estimate of drug-likeness (QED) is 0.755. The molecule has 15 heavy (non-hydrogen) atoms. The van der Waals surface area contributed by atoms with E-state index >= 15 is 0 Å². The zero-order valence-corrected chi connectivity index (χ0v) is 10.6. The topological polar surface area (TPSA) is 3.24 Å². The Kier molecular flexibility index (Phi) is 3.65. The van der Waals surface area contributed by atoms with Gasteiger partial charge in [0.2, 0.25) is 0 Å². The van der Waals surface area contributed by atoms with Crippen LogP contribution in [-0.4, -0.2) is 23.4 Å². The molecule has 1 fully saturated rings. The van der Waals surface area contributed by atoms with Crippen LogP contribution >= 0.6 is 27.5 Å². The Labute approximate surface area is 102 Å². The zero-order valence-electron chi connectivity index (χ0n) is 8.22. The number of hydrogen-bond donors (Lipinski definition) is 0. The molecular formula is C11H12BrClFN. The first-order valence-corrected chi connectivity index (χ1v) is 6.18. The minimum absolute atomic E-state index is 0.206. The van der Waals surface area contributed by atoms with Gasteiger partial charge in [-0.3, -0.25) is 4.90 Å². The van der Waals surface area contributed by atoms with E-state index in [1.54, 1.807) is 0 Å². The van der Waals surface area contributed by atoms with E-state index in [-0.39, 0.29) is 11.2 Å². The van der Waals surface area contributed by atoms with Crippen molar-refractivity contribution in [2.75, 3.05) is 13.1 Å². The van der Waals surface area contributed by atoms with Gasteiger partial charge >= 0.3 is 0 Å². The van der Waals surface area contributed by atoms with Gasteiger partial charge in [0.1, 0.15) is 5.82 Å². The normalized spacial score (nSPS) is 22.2. The molecule has 0 N–H and O–H groups in total. The van der Waals surface area contributed by atoms with Gasteiger partial charge in [0.05, 0.1) is 0 Å². The van der Waals surface area contributed by atoms with Gasteiger partial charge in [-0.25, -0.2) is 4.39 Å². The summed E-state index contributed by atoms with van der Waals surface area (Å²) in [5.41, 5.74) is 1.11. The molecule has 0 radical (unpaired) electrons. The Bertz CT molecular complexity index is 358. The molecule has 1 heterocycles. The number of rotatable bonds is 2. The molecule has 2 rings (SSSR count). The van der Waals surface area contributed by atoms with Gasteiger partial charge in [-0.15, -0.1) is 11.6 Å². The molecule has 0 saturated carbocycles. The van der Waals surface area contributed by atoms with E-state index in [2.05, 4.69) is 20.8 Å². The van der Waals surface area contributed by atoms with Gasteiger partial charge in [-0.05, 0) is 30.7 Å². The van der Waals surface area contributed by atoms with Gasteiger partial charge in [-0.2, -0.15) is 0 Å². The lowest BCUT2D eigenvalue weighted by Gasteiger charge is -2.15. The molecule has 1 aromatic carbocycles. The third-order valence-electron chi connectivity index (χ3n) is 2.62. The SMILES string of the molecule is Fc1ccc(CN2CCC(Cl)C2)c(Br)c1. The van der Waals surface area contributed by atoms with Crippen molar-refractivity contribution in [3.63, 3.8) is 0 Å². The summed E-state index contributed by atoms with van der Waals surface area (Å²) in [5.74, 6) is -0.206. The standard InChI is InChI=1S/C11H12BrClFN/c12-11-5-10(14)2-1-8(11)6-15-4-3-9(13)7-15/h1-2,5,9H,3-4,6-7H2. The summed E-state index contributed by atoms with van der Waals surface area (Å²) in [7, 11) is 0. The Morgan fingerprint density at radius 2 is 2.33 bits per heavy atom. The predicted molar refractivity (Wildman–Crippen MR) is 63.6 cm³/mol. The zero-order chi connectivity index (χ0) is 10.8. The second-order valence-corrected chi connectivity index (χ2v) is 5.33. The molecule has 0 spiro atoms. The molecule has 1 aliphatic heterocycles. The van der Waals surface area contributed by atoms with Gasteiger partial charge in [0.15, 0.2) is 0 Å². The van der Waals surface area contributed by atoms with Crippen molar-refractivity contribution in [1.29, 1.82) is 0 Å². The van der Waals surface area contributed by atoms with Crippen LogP contribution in [0, 0.1) is 5.82 Å². The monoisotopic (exact) mass is 291 g/mol. The Morgan fingerprint density at radius 3 is 2.93 bits per heavy atom. The van der Waals surface area contributed by atoms with E-state index in [0.29, 0.717) is 0 Å². The molecule has 0 bridgehead atoms. The minimum Gasteiger partial charge on any atom is -0.298 e. The highest BCUT2D eigenvalue weighted by molar-refractivity contribution is 9.10. The largest absolute Gasteiger partial charge is 0.298 e. The molecule has 1 nitrogen and oxygen atoms in total. The lowest BCUT2D eigenvalue weighted by Crippen LogP contribution is -2.20.